The van der Waals surface area contributed by atoms with Crippen LogP contribution < -0.4 is 10.6 Å². The van der Waals surface area contributed by atoms with Gasteiger partial charge in [-0.15, -0.1) is 0 Å². The van der Waals surface area contributed by atoms with Gasteiger partial charge >= 0.3 is 4.83 Å². The third-order valence-electron chi connectivity index (χ3n) is 1.36. The van der Waals surface area contributed by atoms with Crippen LogP contribution in [0.4, 0.5) is 8.78 Å². The van der Waals surface area contributed by atoms with E-state index in [0.29, 0.717) is 11.2 Å². The third-order valence-corrected chi connectivity index (χ3v) is 1.90. The van der Waals surface area contributed by atoms with Crippen LogP contribution in [0.2, 0.25) is 0 Å². The second-order valence-corrected chi connectivity index (χ2v) is 4.28. The van der Waals surface area contributed by atoms with E-state index in [2.05, 4.69) is 26.6 Å². The van der Waals surface area contributed by atoms with Crippen molar-refractivity contribution in [3.05, 3.63) is 0 Å². The molecule has 0 radical (unpaired) electrons. The van der Waals surface area contributed by atoms with Gasteiger partial charge in [-0.3, -0.25) is 0 Å². The van der Waals surface area contributed by atoms with Crippen LogP contribution in [0.25, 0.3) is 0 Å². The van der Waals surface area contributed by atoms with Gasteiger partial charge in [0.1, 0.15) is 0 Å². The van der Waals surface area contributed by atoms with E-state index in [4.69, 9.17) is 12.2 Å². The summed E-state index contributed by atoms with van der Waals surface area (Å²) in [6.07, 6.45) is 2.15. The maximum atomic E-state index is 12.2. The summed E-state index contributed by atoms with van der Waals surface area (Å²) in [5.41, 5.74) is 0. The van der Waals surface area contributed by atoms with Crippen molar-refractivity contribution in [1.29, 1.82) is 0 Å². The number of alkyl halides is 3. The molecule has 0 heterocycles. The summed E-state index contributed by atoms with van der Waals surface area (Å²) in [6, 6.07) is 0.397. The van der Waals surface area contributed by atoms with Crippen molar-refractivity contribution in [2.24, 2.45) is 0 Å². The molecule has 0 aromatic heterocycles. The molecule has 0 saturated heterocycles. The molecule has 1 saturated carbocycles. The minimum absolute atomic E-state index is 0.302. The zero-order valence-corrected chi connectivity index (χ0v) is 8.64. The number of thiocarbonyl (C=S) groups is 1. The number of hydrogen-bond acceptors (Lipinski definition) is 1. The molecule has 6 heteroatoms. The molecule has 2 nitrogen and oxygen atoms in total. The van der Waals surface area contributed by atoms with Crippen LogP contribution in [0.3, 0.4) is 0 Å². The molecule has 2 N–H and O–H groups in total. The van der Waals surface area contributed by atoms with Crippen molar-refractivity contribution in [3.8, 4) is 0 Å². The molecule has 1 fully saturated rings. The Kier molecular flexibility index (Phi) is 3.22. The van der Waals surface area contributed by atoms with E-state index in [1.807, 2.05) is 0 Å². The molecule has 0 bridgehead atoms. The summed E-state index contributed by atoms with van der Waals surface area (Å²) in [4.78, 5) is -2.89. The highest BCUT2D eigenvalue weighted by Crippen LogP contribution is 2.20. The van der Waals surface area contributed by atoms with Crippen LogP contribution >= 0.6 is 28.1 Å². The van der Waals surface area contributed by atoms with E-state index in [9.17, 15) is 8.78 Å². The number of hydrogen-bond donors (Lipinski definition) is 2. The molecule has 0 aliphatic heterocycles. The van der Waals surface area contributed by atoms with Gasteiger partial charge in [0, 0.05) is 6.04 Å². The summed E-state index contributed by atoms with van der Waals surface area (Å²) in [5, 5.41) is 5.61. The molecule has 1 rings (SSSR count). The molecule has 0 atom stereocenters. The highest BCUT2D eigenvalue weighted by Gasteiger charge is 2.25. The first-order valence-electron chi connectivity index (χ1n) is 3.58. The van der Waals surface area contributed by atoms with Crippen molar-refractivity contribution in [1.82, 2.24) is 10.6 Å². The summed E-state index contributed by atoms with van der Waals surface area (Å²) in [5.74, 6) is 0. The van der Waals surface area contributed by atoms with E-state index < -0.39 is 11.4 Å². The number of nitrogens with one attached hydrogen (secondary N) is 2. The van der Waals surface area contributed by atoms with Gasteiger partial charge in [0.25, 0.3) is 0 Å². The number of halogens is 3. The van der Waals surface area contributed by atoms with E-state index in [-0.39, 0.29) is 0 Å². The number of rotatable bonds is 3. The second kappa shape index (κ2) is 3.83. The van der Waals surface area contributed by atoms with E-state index in [0.717, 1.165) is 12.8 Å². The molecular formula is C6H9BrF2N2S. The van der Waals surface area contributed by atoms with Gasteiger partial charge < -0.3 is 10.6 Å². The van der Waals surface area contributed by atoms with E-state index in [1.54, 1.807) is 0 Å². The maximum absolute atomic E-state index is 12.2. The minimum atomic E-state index is -2.89. The topological polar surface area (TPSA) is 24.1 Å². The average molecular weight is 259 g/mol. The Morgan fingerprint density at radius 2 is 2.17 bits per heavy atom. The summed E-state index contributed by atoms with van der Waals surface area (Å²) < 4.78 is 24.4. The first-order valence-corrected chi connectivity index (χ1v) is 4.78. The summed E-state index contributed by atoms with van der Waals surface area (Å²) >= 11 is 6.97. The van der Waals surface area contributed by atoms with Gasteiger partial charge in [-0.05, 0) is 41.0 Å². The van der Waals surface area contributed by atoms with Crippen molar-refractivity contribution >= 4 is 33.3 Å². The lowest BCUT2D eigenvalue weighted by molar-refractivity contribution is 0.119. The average Bonchev–Trinajstić information content (AvgIpc) is 2.66. The molecule has 0 aromatic carbocycles. The van der Waals surface area contributed by atoms with Gasteiger partial charge in [-0.2, -0.15) is 8.78 Å². The van der Waals surface area contributed by atoms with Gasteiger partial charge in [0.2, 0.25) is 0 Å². The molecule has 1 aliphatic rings. The zero-order chi connectivity index (χ0) is 9.19. The predicted molar refractivity (Wildman–Crippen MR) is 50.6 cm³/mol. The third kappa shape index (κ3) is 4.82. The monoisotopic (exact) mass is 258 g/mol. The quantitative estimate of drug-likeness (QED) is 0.594. The molecule has 1 aliphatic carbocycles. The van der Waals surface area contributed by atoms with Gasteiger partial charge in [-0.25, -0.2) is 0 Å². The lowest BCUT2D eigenvalue weighted by Crippen LogP contribution is -2.40. The lowest BCUT2D eigenvalue weighted by atomic mass is 10.6. The Hall–Kier alpha value is 0.0300. The van der Waals surface area contributed by atoms with Crippen molar-refractivity contribution in [2.75, 3.05) is 6.54 Å². The lowest BCUT2D eigenvalue weighted by Gasteiger charge is -2.12. The Balaban J connectivity index is 2.09. The normalized spacial score (nSPS) is 17.2. The van der Waals surface area contributed by atoms with Crippen molar-refractivity contribution in [3.63, 3.8) is 0 Å². The Morgan fingerprint density at radius 1 is 1.58 bits per heavy atom. The smallest absolute Gasteiger partial charge is 0.318 e. The second-order valence-electron chi connectivity index (χ2n) is 2.72. The van der Waals surface area contributed by atoms with Crippen LogP contribution in [-0.4, -0.2) is 22.5 Å². The van der Waals surface area contributed by atoms with Gasteiger partial charge in [0.15, 0.2) is 5.11 Å². The maximum Gasteiger partial charge on any atom is 0.318 e. The molecule has 0 amide bonds. The highest BCUT2D eigenvalue weighted by molar-refractivity contribution is 9.10. The highest BCUT2D eigenvalue weighted by atomic mass is 79.9. The van der Waals surface area contributed by atoms with Gasteiger partial charge in [0.05, 0.1) is 6.54 Å². The predicted octanol–water partition coefficient (Wildman–Crippen LogP) is 1.60. The SMILES string of the molecule is FC(F)(Br)CNC(=S)NC1CC1. The fourth-order valence-electron chi connectivity index (χ4n) is 0.645. The zero-order valence-electron chi connectivity index (χ0n) is 6.24. The fourth-order valence-corrected chi connectivity index (χ4v) is 1.02. The van der Waals surface area contributed by atoms with Crippen LogP contribution in [0.15, 0.2) is 0 Å². The van der Waals surface area contributed by atoms with Crippen LogP contribution in [-0.2, 0) is 0 Å². The van der Waals surface area contributed by atoms with Crippen LogP contribution in [0.1, 0.15) is 12.8 Å². The molecule has 0 aromatic rings. The first kappa shape index (κ1) is 10.1. The summed E-state index contributed by atoms with van der Waals surface area (Å²) in [6.45, 7) is -0.481. The standard InChI is InChI=1S/C6H9BrF2N2S/c7-6(8,9)3-10-5(12)11-4-1-2-4/h4H,1-3H2,(H2,10,11,12). The fraction of sp³-hybridized carbons (Fsp3) is 0.833. The molecule has 70 valence electrons. The van der Waals surface area contributed by atoms with Crippen LogP contribution in [0.5, 0.6) is 0 Å². The first-order chi connectivity index (χ1) is 5.47. The summed E-state index contributed by atoms with van der Waals surface area (Å²) in [7, 11) is 0. The van der Waals surface area contributed by atoms with Crippen molar-refractivity contribution in [2.45, 2.75) is 23.7 Å². The molecule has 12 heavy (non-hydrogen) atoms. The molecular weight excluding hydrogens is 250 g/mol. The van der Waals surface area contributed by atoms with E-state index in [1.165, 1.54) is 0 Å². The van der Waals surface area contributed by atoms with Crippen LogP contribution in [0, 0.1) is 0 Å². The molecule has 0 unspecified atom stereocenters. The Morgan fingerprint density at radius 3 is 2.58 bits per heavy atom. The minimum Gasteiger partial charge on any atom is -0.360 e. The largest absolute Gasteiger partial charge is 0.360 e. The Labute approximate surface area is 83.2 Å². The van der Waals surface area contributed by atoms with Crippen molar-refractivity contribution < 1.29 is 8.78 Å². The molecule has 0 spiro atoms. The van der Waals surface area contributed by atoms with E-state index >= 15 is 0 Å². The van der Waals surface area contributed by atoms with Gasteiger partial charge in [-0.1, -0.05) is 0 Å². The Bertz CT molecular complexity index is 179.